The summed E-state index contributed by atoms with van der Waals surface area (Å²) < 4.78 is 37.8. The van der Waals surface area contributed by atoms with Gasteiger partial charge in [0.05, 0.1) is 11.8 Å². The second-order valence-electron chi connectivity index (χ2n) is 4.48. The second-order valence-corrected chi connectivity index (χ2v) is 5.43. The van der Waals surface area contributed by atoms with Crippen LogP contribution in [0.4, 0.5) is 18.9 Å². The highest BCUT2D eigenvalue weighted by molar-refractivity contribution is 7.99. The molecule has 9 heteroatoms. The summed E-state index contributed by atoms with van der Waals surface area (Å²) in [7, 11) is 0. The number of carbonyl (C=O) groups excluding carboxylic acids is 1. The topological polar surface area (TPSA) is 69.9 Å². The predicted molar refractivity (Wildman–Crippen MR) is 82.2 cm³/mol. The minimum atomic E-state index is -4.57. The van der Waals surface area contributed by atoms with Crippen LogP contribution in [-0.4, -0.2) is 28.2 Å². The number of benzene rings is 1. The largest absolute Gasteiger partial charge is 0.433 e. The normalized spacial score (nSPS) is 10.9. The summed E-state index contributed by atoms with van der Waals surface area (Å²) in [5, 5.41) is 8.71. The Hall–Kier alpha value is -2.60. The molecule has 0 aliphatic heterocycles. The van der Waals surface area contributed by atoms with E-state index >= 15 is 0 Å². The average molecular weight is 352 g/mol. The highest BCUT2D eigenvalue weighted by Gasteiger charge is 2.32. The fourth-order valence-corrected chi connectivity index (χ4v) is 2.48. The lowest BCUT2D eigenvalue weighted by Gasteiger charge is -2.19. The number of hydrogen-bond acceptors (Lipinski definition) is 5. The van der Waals surface area contributed by atoms with E-state index < -0.39 is 17.8 Å². The van der Waals surface area contributed by atoms with Crippen LogP contribution in [0.2, 0.25) is 0 Å². The van der Waals surface area contributed by atoms with Crippen molar-refractivity contribution in [2.75, 3.05) is 17.2 Å². The summed E-state index contributed by atoms with van der Waals surface area (Å²) in [6.45, 7) is -0.160. The molecule has 24 heavy (non-hydrogen) atoms. The Morgan fingerprint density at radius 2 is 1.96 bits per heavy atom. The Bertz CT molecular complexity index is 746. The van der Waals surface area contributed by atoms with E-state index in [1.54, 1.807) is 30.3 Å². The van der Waals surface area contributed by atoms with Crippen LogP contribution in [-0.2, 0) is 11.0 Å². The van der Waals surface area contributed by atoms with Gasteiger partial charge < -0.3 is 0 Å². The Morgan fingerprint density at radius 1 is 1.25 bits per heavy atom. The maximum absolute atomic E-state index is 12.6. The van der Waals surface area contributed by atoms with Crippen LogP contribution in [0.3, 0.4) is 0 Å². The van der Waals surface area contributed by atoms with E-state index in [-0.39, 0.29) is 17.5 Å². The van der Waals surface area contributed by atoms with Gasteiger partial charge in [0.1, 0.15) is 12.2 Å². The Morgan fingerprint density at radius 3 is 2.58 bits per heavy atom. The number of thioether (sulfide) groups is 1. The molecule has 1 heterocycles. The minimum absolute atomic E-state index is 0.150. The van der Waals surface area contributed by atoms with E-state index in [1.807, 2.05) is 6.07 Å². The van der Waals surface area contributed by atoms with Gasteiger partial charge in [0.25, 0.3) is 0 Å². The number of anilines is 1. The number of aromatic nitrogens is 2. The first kappa shape index (κ1) is 17.7. The Balaban J connectivity index is 2.08. The van der Waals surface area contributed by atoms with Crippen molar-refractivity contribution in [3.05, 3.63) is 48.3 Å². The number of para-hydroxylation sites is 1. The van der Waals surface area contributed by atoms with Crippen LogP contribution in [0, 0.1) is 11.3 Å². The maximum atomic E-state index is 12.6. The zero-order valence-electron chi connectivity index (χ0n) is 12.2. The van der Waals surface area contributed by atoms with Crippen molar-refractivity contribution in [2.24, 2.45) is 0 Å². The number of hydrogen-bond donors (Lipinski definition) is 0. The average Bonchev–Trinajstić information content (AvgIpc) is 2.58. The van der Waals surface area contributed by atoms with Gasteiger partial charge in [-0.15, -0.1) is 0 Å². The van der Waals surface area contributed by atoms with Gasteiger partial charge in [-0.1, -0.05) is 30.0 Å². The molecule has 5 nitrogen and oxygen atoms in total. The fourth-order valence-electron chi connectivity index (χ4n) is 1.77. The van der Waals surface area contributed by atoms with Crippen LogP contribution >= 0.6 is 11.8 Å². The van der Waals surface area contributed by atoms with Crippen molar-refractivity contribution >= 4 is 23.4 Å². The smallest absolute Gasteiger partial charge is 0.298 e. The number of alkyl halides is 3. The number of nitrogens with zero attached hydrogens (tertiary/aromatic N) is 4. The monoisotopic (exact) mass is 352 g/mol. The number of carbonyl (C=O) groups is 1. The molecule has 0 saturated heterocycles. The van der Waals surface area contributed by atoms with Gasteiger partial charge >= 0.3 is 6.18 Å². The second kappa shape index (κ2) is 7.79. The first-order chi connectivity index (χ1) is 11.4. The molecule has 1 amide bonds. The standard InChI is InChI=1S/C15H11F3N4OS/c16-15(17,18)12-6-8-20-14(21-12)24-10-13(23)22(9-7-19)11-4-2-1-3-5-11/h1-6,8H,9-10H2. The van der Waals surface area contributed by atoms with Crippen LogP contribution in [0.1, 0.15) is 5.69 Å². The molecular formula is C15H11F3N4OS. The van der Waals surface area contributed by atoms with Crippen LogP contribution < -0.4 is 4.90 Å². The molecule has 0 unspecified atom stereocenters. The lowest BCUT2D eigenvalue weighted by molar-refractivity contribution is -0.141. The summed E-state index contributed by atoms with van der Waals surface area (Å²) in [5.74, 6) is -0.605. The molecule has 0 N–H and O–H groups in total. The lowest BCUT2D eigenvalue weighted by Crippen LogP contribution is -2.32. The Kier molecular flexibility index (Phi) is 5.76. The van der Waals surface area contributed by atoms with Crippen molar-refractivity contribution in [3.8, 4) is 6.07 Å². The number of halogens is 3. The molecule has 0 aliphatic rings. The molecule has 0 fully saturated rings. The zero-order valence-corrected chi connectivity index (χ0v) is 13.0. The van der Waals surface area contributed by atoms with Gasteiger partial charge in [0.2, 0.25) is 5.91 Å². The minimum Gasteiger partial charge on any atom is -0.298 e. The van der Waals surface area contributed by atoms with Gasteiger partial charge in [0, 0.05) is 11.9 Å². The molecule has 1 aromatic heterocycles. The van der Waals surface area contributed by atoms with Crippen LogP contribution in [0.25, 0.3) is 0 Å². The van der Waals surface area contributed by atoms with Crippen molar-refractivity contribution in [1.82, 2.24) is 9.97 Å². The molecule has 0 spiro atoms. The van der Waals surface area contributed by atoms with E-state index in [0.717, 1.165) is 24.0 Å². The molecule has 2 aromatic rings. The first-order valence-corrected chi connectivity index (χ1v) is 7.66. The molecule has 0 atom stereocenters. The molecule has 0 aliphatic carbocycles. The van der Waals surface area contributed by atoms with Gasteiger partial charge in [0.15, 0.2) is 5.16 Å². The molecule has 0 radical (unpaired) electrons. The van der Waals surface area contributed by atoms with E-state index in [1.165, 1.54) is 4.90 Å². The first-order valence-electron chi connectivity index (χ1n) is 6.67. The third kappa shape index (κ3) is 4.70. The van der Waals surface area contributed by atoms with E-state index in [0.29, 0.717) is 5.69 Å². The van der Waals surface area contributed by atoms with Gasteiger partial charge in [-0.05, 0) is 18.2 Å². The zero-order chi connectivity index (χ0) is 17.6. The number of amides is 1. The summed E-state index contributed by atoms with van der Waals surface area (Å²) >= 11 is 0.785. The SMILES string of the molecule is N#CCN(C(=O)CSc1nccc(C(F)(F)F)n1)c1ccccc1. The summed E-state index contributed by atoms with van der Waals surface area (Å²) in [6.07, 6.45) is -3.58. The van der Waals surface area contributed by atoms with E-state index in [2.05, 4.69) is 9.97 Å². The quantitative estimate of drug-likeness (QED) is 0.470. The molecule has 0 bridgehead atoms. The molecule has 2 rings (SSSR count). The fraction of sp³-hybridized carbons (Fsp3) is 0.200. The number of rotatable bonds is 5. The highest BCUT2D eigenvalue weighted by atomic mass is 32.2. The van der Waals surface area contributed by atoms with Gasteiger partial charge in [-0.25, -0.2) is 9.97 Å². The molecule has 1 aromatic carbocycles. The third-order valence-electron chi connectivity index (χ3n) is 2.85. The van der Waals surface area contributed by atoms with E-state index in [4.69, 9.17) is 5.26 Å². The predicted octanol–water partition coefficient (Wildman–Crippen LogP) is 3.14. The van der Waals surface area contributed by atoms with Gasteiger partial charge in [-0.3, -0.25) is 9.69 Å². The summed E-state index contributed by atoms with van der Waals surface area (Å²) in [4.78, 5) is 20.6. The van der Waals surface area contributed by atoms with Crippen molar-refractivity contribution < 1.29 is 18.0 Å². The molecule has 124 valence electrons. The summed E-state index contributed by atoms with van der Waals surface area (Å²) in [6, 6.07) is 11.2. The molecular weight excluding hydrogens is 341 g/mol. The lowest BCUT2D eigenvalue weighted by atomic mass is 10.3. The third-order valence-corrected chi connectivity index (χ3v) is 3.69. The van der Waals surface area contributed by atoms with Crippen molar-refractivity contribution in [1.29, 1.82) is 5.26 Å². The van der Waals surface area contributed by atoms with Crippen molar-refractivity contribution in [2.45, 2.75) is 11.3 Å². The van der Waals surface area contributed by atoms with Crippen LogP contribution in [0.5, 0.6) is 0 Å². The summed E-state index contributed by atoms with van der Waals surface area (Å²) in [5.41, 5.74) is -0.529. The Labute approximate surface area is 140 Å². The molecule has 0 saturated carbocycles. The maximum Gasteiger partial charge on any atom is 0.433 e. The number of nitriles is 1. The highest BCUT2D eigenvalue weighted by Crippen LogP contribution is 2.28. The van der Waals surface area contributed by atoms with E-state index in [9.17, 15) is 18.0 Å². The van der Waals surface area contributed by atoms with Crippen LogP contribution in [0.15, 0.2) is 47.8 Å². The van der Waals surface area contributed by atoms with Gasteiger partial charge in [-0.2, -0.15) is 18.4 Å². The van der Waals surface area contributed by atoms with Crippen molar-refractivity contribution in [3.63, 3.8) is 0 Å².